The Balaban J connectivity index is 1.78. The van der Waals surface area contributed by atoms with Crippen molar-refractivity contribution in [2.24, 2.45) is 12.8 Å². The van der Waals surface area contributed by atoms with Gasteiger partial charge in [0, 0.05) is 60.7 Å². The second-order valence-corrected chi connectivity index (χ2v) is 9.28. The molecule has 1 aliphatic rings. The summed E-state index contributed by atoms with van der Waals surface area (Å²) in [5.74, 6) is 1.57. The van der Waals surface area contributed by atoms with E-state index >= 15 is 0 Å². The second kappa shape index (κ2) is 8.84. The molecule has 0 spiro atoms. The van der Waals surface area contributed by atoms with Crippen molar-refractivity contribution in [1.82, 2.24) is 9.47 Å². The molecule has 7 heteroatoms. The van der Waals surface area contributed by atoms with Crippen LogP contribution >= 0.6 is 23.4 Å². The number of benzene rings is 2. The number of hydrogen-bond donors (Lipinski definition) is 1. The number of rotatable bonds is 5. The number of nitrogens with zero attached hydrogens (tertiary/aromatic N) is 2. The number of aromatic nitrogens is 1. The van der Waals surface area contributed by atoms with Gasteiger partial charge in [0.05, 0.1) is 5.52 Å². The highest BCUT2D eigenvalue weighted by molar-refractivity contribution is 7.99. The van der Waals surface area contributed by atoms with Crippen molar-refractivity contribution in [2.45, 2.75) is 13.0 Å². The zero-order valence-electron chi connectivity index (χ0n) is 16.9. The number of thioether (sulfide) groups is 1. The Kier molecular flexibility index (Phi) is 6.18. The third kappa shape index (κ3) is 4.26. The minimum absolute atomic E-state index is 0.0615. The summed E-state index contributed by atoms with van der Waals surface area (Å²) in [5.41, 5.74) is 8.87. The second-order valence-electron chi connectivity index (χ2n) is 7.62. The lowest BCUT2D eigenvalue weighted by Gasteiger charge is -2.26. The molecule has 1 fully saturated rings. The van der Waals surface area contributed by atoms with E-state index in [1.165, 1.54) is 0 Å². The Morgan fingerprint density at radius 2 is 1.77 bits per heavy atom. The third-order valence-corrected chi connectivity index (χ3v) is 6.82. The van der Waals surface area contributed by atoms with Crippen molar-refractivity contribution in [2.75, 3.05) is 24.6 Å². The van der Waals surface area contributed by atoms with E-state index in [1.807, 2.05) is 47.6 Å². The molecule has 0 atom stereocenters. The summed E-state index contributed by atoms with van der Waals surface area (Å²) < 4.78 is 1.91. The molecule has 0 bridgehead atoms. The molecule has 2 N–H and O–H groups in total. The van der Waals surface area contributed by atoms with Crippen LogP contribution < -0.4 is 11.2 Å². The van der Waals surface area contributed by atoms with Gasteiger partial charge in [0.25, 0.3) is 5.91 Å². The molecule has 2 heterocycles. The van der Waals surface area contributed by atoms with Gasteiger partial charge in [-0.25, -0.2) is 0 Å². The summed E-state index contributed by atoms with van der Waals surface area (Å²) in [6.45, 7) is 2.90. The van der Waals surface area contributed by atoms with Crippen LogP contribution in [0.1, 0.15) is 27.2 Å². The van der Waals surface area contributed by atoms with E-state index in [0.29, 0.717) is 22.5 Å². The van der Waals surface area contributed by atoms with E-state index in [2.05, 4.69) is 11.0 Å². The zero-order valence-corrected chi connectivity index (χ0v) is 18.4. The number of aryl methyl sites for hydroxylation is 1. The first kappa shape index (κ1) is 21.0. The van der Waals surface area contributed by atoms with Crippen LogP contribution in [0.15, 0.2) is 47.3 Å². The van der Waals surface area contributed by atoms with Gasteiger partial charge in [-0.05, 0) is 35.4 Å². The number of nitrogens with two attached hydrogens (primary N) is 1. The Morgan fingerprint density at radius 1 is 1.10 bits per heavy atom. The lowest BCUT2D eigenvalue weighted by atomic mass is 10.00. The number of hydrogen-bond acceptors (Lipinski definition) is 4. The summed E-state index contributed by atoms with van der Waals surface area (Å²) in [5, 5.41) is 1.18. The van der Waals surface area contributed by atoms with E-state index in [4.69, 9.17) is 17.3 Å². The Bertz CT molecular complexity index is 1150. The minimum Gasteiger partial charge on any atom is -0.365 e. The van der Waals surface area contributed by atoms with Gasteiger partial charge in [-0.3, -0.25) is 14.5 Å². The highest BCUT2D eigenvalue weighted by Crippen LogP contribution is 2.22. The lowest BCUT2D eigenvalue weighted by molar-refractivity contribution is 0.0998. The minimum atomic E-state index is -0.695. The van der Waals surface area contributed by atoms with Crippen LogP contribution in [0.3, 0.4) is 0 Å². The molecule has 2 aromatic carbocycles. The molecule has 5 nitrogen and oxygen atoms in total. The molecule has 1 aromatic heterocycles. The van der Waals surface area contributed by atoms with Crippen molar-refractivity contribution in [3.8, 4) is 0 Å². The molecule has 4 rings (SSSR count). The number of halogens is 1. The fraction of sp³-hybridized carbons (Fsp3) is 0.304. The van der Waals surface area contributed by atoms with Gasteiger partial charge in [-0.15, -0.1) is 0 Å². The van der Waals surface area contributed by atoms with Crippen molar-refractivity contribution in [3.63, 3.8) is 0 Å². The molecule has 0 unspecified atom stereocenters. The van der Waals surface area contributed by atoms with Gasteiger partial charge >= 0.3 is 0 Å². The van der Waals surface area contributed by atoms with Crippen molar-refractivity contribution in [1.29, 1.82) is 0 Å². The molecule has 1 amide bonds. The van der Waals surface area contributed by atoms with Gasteiger partial charge in [-0.1, -0.05) is 29.8 Å². The maximum Gasteiger partial charge on any atom is 0.254 e. The predicted octanol–water partition coefficient (Wildman–Crippen LogP) is 3.43. The summed E-state index contributed by atoms with van der Waals surface area (Å²) in [6.07, 6.45) is 0.421. The van der Waals surface area contributed by atoms with Crippen LogP contribution in [-0.2, 0) is 20.0 Å². The van der Waals surface area contributed by atoms with E-state index in [9.17, 15) is 9.59 Å². The number of carbonyl (C=O) groups excluding carboxylic acids is 1. The zero-order chi connectivity index (χ0) is 21.3. The van der Waals surface area contributed by atoms with Crippen molar-refractivity contribution in [3.05, 3.63) is 80.1 Å². The van der Waals surface area contributed by atoms with Crippen molar-refractivity contribution < 1.29 is 4.79 Å². The normalized spacial score (nSPS) is 14.9. The summed E-state index contributed by atoms with van der Waals surface area (Å²) >= 11 is 7.95. The van der Waals surface area contributed by atoms with Gasteiger partial charge in [0.15, 0.2) is 0 Å². The topological polar surface area (TPSA) is 68.3 Å². The molecule has 0 saturated carbocycles. The average molecular weight is 442 g/mol. The highest BCUT2D eigenvalue weighted by atomic mass is 35.5. The van der Waals surface area contributed by atoms with E-state index in [0.717, 1.165) is 47.8 Å². The molecule has 3 aromatic rings. The number of primary amides is 1. The van der Waals surface area contributed by atoms with Gasteiger partial charge in [0.1, 0.15) is 5.56 Å². The Labute approximate surface area is 184 Å². The molecule has 30 heavy (non-hydrogen) atoms. The Hall–Kier alpha value is -2.28. The fourth-order valence-corrected chi connectivity index (χ4v) is 5.11. The number of amides is 1. The largest absolute Gasteiger partial charge is 0.365 e. The molecule has 1 saturated heterocycles. The predicted molar refractivity (Wildman–Crippen MR) is 125 cm³/mol. The summed E-state index contributed by atoms with van der Waals surface area (Å²) in [7, 11) is 1.88. The number of pyridine rings is 1. The third-order valence-electron chi connectivity index (χ3n) is 5.63. The first-order valence-electron chi connectivity index (χ1n) is 9.93. The smallest absolute Gasteiger partial charge is 0.254 e. The molecule has 156 valence electrons. The highest BCUT2D eigenvalue weighted by Gasteiger charge is 2.20. The average Bonchev–Trinajstić information content (AvgIpc) is 2.74. The van der Waals surface area contributed by atoms with Crippen LogP contribution in [-0.4, -0.2) is 40.0 Å². The van der Waals surface area contributed by atoms with Gasteiger partial charge < -0.3 is 10.3 Å². The lowest BCUT2D eigenvalue weighted by Crippen LogP contribution is -2.32. The first-order valence-corrected chi connectivity index (χ1v) is 11.5. The first-order chi connectivity index (χ1) is 14.4. The molecule has 0 radical (unpaired) electrons. The quantitative estimate of drug-likeness (QED) is 0.658. The van der Waals surface area contributed by atoms with E-state index in [1.54, 1.807) is 12.1 Å². The van der Waals surface area contributed by atoms with Crippen LogP contribution in [0.25, 0.3) is 10.9 Å². The standard InChI is InChI=1S/C23H24ClN3O2S/c1-26-19-7-4-16(14-27-8-10-30-11-9-27)12-18(19)22(28)21(23(25)29)20(26)13-15-2-5-17(24)6-3-15/h2-7,12H,8-11,13-14H2,1H3,(H2,25,29). The molecular weight excluding hydrogens is 418 g/mol. The van der Waals surface area contributed by atoms with Gasteiger partial charge in [0.2, 0.25) is 5.43 Å². The maximum atomic E-state index is 13.3. The molecular formula is C23H24ClN3O2S. The maximum absolute atomic E-state index is 13.3. The Morgan fingerprint density at radius 3 is 2.43 bits per heavy atom. The van der Waals surface area contributed by atoms with Crippen LogP contribution in [0, 0.1) is 0 Å². The van der Waals surface area contributed by atoms with Crippen molar-refractivity contribution >= 4 is 40.2 Å². The van der Waals surface area contributed by atoms with Crippen LogP contribution in [0.5, 0.6) is 0 Å². The summed E-state index contributed by atoms with van der Waals surface area (Å²) in [4.78, 5) is 27.9. The van der Waals surface area contributed by atoms with Crippen LogP contribution in [0.4, 0.5) is 0 Å². The number of fused-ring (bicyclic) bond motifs is 1. The van der Waals surface area contributed by atoms with E-state index < -0.39 is 5.91 Å². The summed E-state index contributed by atoms with van der Waals surface area (Å²) in [6, 6.07) is 13.3. The fourth-order valence-electron chi connectivity index (χ4n) is 4.01. The molecule has 0 aliphatic carbocycles. The molecule has 1 aliphatic heterocycles. The SMILES string of the molecule is Cn1c(Cc2ccc(Cl)cc2)c(C(N)=O)c(=O)c2cc(CN3CCSCC3)ccc21. The van der Waals surface area contributed by atoms with Gasteiger partial charge in [-0.2, -0.15) is 11.8 Å². The van der Waals surface area contributed by atoms with Crippen LogP contribution in [0.2, 0.25) is 5.02 Å². The monoisotopic (exact) mass is 441 g/mol. The van der Waals surface area contributed by atoms with E-state index in [-0.39, 0.29) is 11.0 Å². The number of carbonyl (C=O) groups is 1.